The van der Waals surface area contributed by atoms with E-state index in [4.69, 9.17) is 4.74 Å². The van der Waals surface area contributed by atoms with E-state index in [9.17, 15) is 19.5 Å². The van der Waals surface area contributed by atoms with Gasteiger partial charge in [-0.15, -0.1) is 0 Å². The van der Waals surface area contributed by atoms with Gasteiger partial charge < -0.3 is 25.4 Å². The molecule has 1 saturated carbocycles. The fraction of sp³-hybridized carbons (Fsp3) is 0.591. The number of amides is 3. The molecule has 1 aliphatic rings. The van der Waals surface area contributed by atoms with Crippen LogP contribution in [-0.4, -0.2) is 52.6 Å². The minimum atomic E-state index is -0.969. The fourth-order valence-corrected chi connectivity index (χ4v) is 3.09. The SMILES string of the molecule is CCCCNC(=O)C(c1ccccc1O)N(C(=O)CNC(=O)OC(C)(C)C)C1CC1. The summed E-state index contributed by atoms with van der Waals surface area (Å²) in [7, 11) is 0. The highest BCUT2D eigenvalue weighted by molar-refractivity contribution is 5.91. The summed E-state index contributed by atoms with van der Waals surface area (Å²) in [5.41, 5.74) is -0.315. The van der Waals surface area contributed by atoms with Crippen LogP contribution >= 0.6 is 0 Å². The summed E-state index contributed by atoms with van der Waals surface area (Å²) in [6.45, 7) is 7.42. The average molecular weight is 420 g/mol. The van der Waals surface area contributed by atoms with Crippen LogP contribution in [0.5, 0.6) is 5.75 Å². The van der Waals surface area contributed by atoms with Crippen molar-refractivity contribution in [3.05, 3.63) is 29.8 Å². The number of nitrogens with one attached hydrogen (secondary N) is 2. The van der Waals surface area contributed by atoms with E-state index in [1.807, 2.05) is 6.92 Å². The lowest BCUT2D eigenvalue weighted by atomic mass is 10.0. The van der Waals surface area contributed by atoms with E-state index in [1.54, 1.807) is 39.0 Å². The molecule has 1 aromatic carbocycles. The summed E-state index contributed by atoms with van der Waals surface area (Å²) in [5, 5.41) is 15.7. The number of unbranched alkanes of at least 4 members (excludes halogenated alkanes) is 1. The fourth-order valence-electron chi connectivity index (χ4n) is 3.09. The van der Waals surface area contributed by atoms with Crippen molar-refractivity contribution in [3.8, 4) is 5.75 Å². The molecule has 166 valence electrons. The third kappa shape index (κ3) is 6.93. The summed E-state index contributed by atoms with van der Waals surface area (Å²) in [6.07, 6.45) is 2.58. The molecule has 1 fully saturated rings. The molecule has 1 atom stereocenters. The van der Waals surface area contributed by atoms with Crippen LogP contribution < -0.4 is 10.6 Å². The van der Waals surface area contributed by atoms with Gasteiger partial charge in [-0.2, -0.15) is 0 Å². The van der Waals surface area contributed by atoms with Gasteiger partial charge in [0, 0.05) is 18.2 Å². The molecular formula is C22H33N3O5. The Hall–Kier alpha value is -2.77. The van der Waals surface area contributed by atoms with Gasteiger partial charge in [-0.05, 0) is 46.1 Å². The highest BCUT2D eigenvalue weighted by Gasteiger charge is 2.42. The van der Waals surface area contributed by atoms with Gasteiger partial charge in [0.15, 0.2) is 0 Å². The third-order valence-corrected chi connectivity index (χ3v) is 4.60. The molecule has 0 saturated heterocycles. The number of ether oxygens (including phenoxy) is 1. The van der Waals surface area contributed by atoms with Crippen molar-refractivity contribution in [1.82, 2.24) is 15.5 Å². The smallest absolute Gasteiger partial charge is 0.408 e. The molecule has 1 unspecified atom stereocenters. The van der Waals surface area contributed by atoms with E-state index < -0.39 is 23.6 Å². The Morgan fingerprint density at radius 1 is 1.20 bits per heavy atom. The van der Waals surface area contributed by atoms with E-state index in [1.165, 1.54) is 11.0 Å². The molecule has 30 heavy (non-hydrogen) atoms. The number of nitrogens with zero attached hydrogens (tertiary/aromatic N) is 1. The predicted octanol–water partition coefficient (Wildman–Crippen LogP) is 2.87. The van der Waals surface area contributed by atoms with Crippen LogP contribution in [0.25, 0.3) is 0 Å². The first-order valence-corrected chi connectivity index (χ1v) is 10.5. The highest BCUT2D eigenvalue weighted by Crippen LogP contribution is 2.37. The number of benzene rings is 1. The van der Waals surface area contributed by atoms with Crippen molar-refractivity contribution in [2.24, 2.45) is 0 Å². The number of hydrogen-bond donors (Lipinski definition) is 3. The maximum atomic E-state index is 13.0. The number of aromatic hydroxyl groups is 1. The molecule has 0 spiro atoms. The molecule has 0 radical (unpaired) electrons. The van der Waals surface area contributed by atoms with Gasteiger partial charge in [0.1, 0.15) is 23.9 Å². The van der Waals surface area contributed by atoms with Crippen molar-refractivity contribution in [1.29, 1.82) is 0 Å². The normalized spacial score (nSPS) is 14.5. The molecule has 1 aliphatic carbocycles. The summed E-state index contributed by atoms with van der Waals surface area (Å²) < 4.78 is 5.18. The lowest BCUT2D eigenvalue weighted by molar-refractivity contribution is -0.141. The first kappa shape index (κ1) is 23.5. The number of phenolic OH excluding ortho intramolecular Hbond substituents is 1. The molecule has 1 aromatic rings. The summed E-state index contributed by atoms with van der Waals surface area (Å²) in [4.78, 5) is 39.5. The van der Waals surface area contributed by atoms with Crippen LogP contribution in [0.15, 0.2) is 24.3 Å². The Bertz CT molecular complexity index is 755. The Balaban J connectivity index is 2.21. The van der Waals surface area contributed by atoms with E-state index in [0.717, 1.165) is 25.7 Å². The summed E-state index contributed by atoms with van der Waals surface area (Å²) >= 11 is 0. The van der Waals surface area contributed by atoms with Gasteiger partial charge in [-0.3, -0.25) is 9.59 Å². The van der Waals surface area contributed by atoms with E-state index in [0.29, 0.717) is 12.1 Å². The van der Waals surface area contributed by atoms with Gasteiger partial charge in [0.2, 0.25) is 11.8 Å². The van der Waals surface area contributed by atoms with E-state index >= 15 is 0 Å². The van der Waals surface area contributed by atoms with Crippen molar-refractivity contribution in [2.45, 2.75) is 71.1 Å². The van der Waals surface area contributed by atoms with Gasteiger partial charge in [0.05, 0.1) is 0 Å². The Labute approximate surface area is 178 Å². The number of alkyl carbamates (subject to hydrolysis) is 1. The molecule has 0 bridgehead atoms. The average Bonchev–Trinajstić information content (AvgIpc) is 3.48. The first-order valence-electron chi connectivity index (χ1n) is 10.5. The molecule has 0 heterocycles. The monoisotopic (exact) mass is 419 g/mol. The topological polar surface area (TPSA) is 108 Å². The number of carbonyl (C=O) groups excluding carboxylic acids is 3. The van der Waals surface area contributed by atoms with Crippen molar-refractivity contribution in [2.75, 3.05) is 13.1 Å². The van der Waals surface area contributed by atoms with Gasteiger partial charge in [-0.1, -0.05) is 31.5 Å². The Morgan fingerprint density at radius 3 is 2.43 bits per heavy atom. The van der Waals surface area contributed by atoms with Crippen LogP contribution in [0.4, 0.5) is 4.79 Å². The minimum Gasteiger partial charge on any atom is -0.508 e. The standard InChI is InChI=1S/C22H33N3O5/c1-5-6-13-23-20(28)19(16-9-7-8-10-17(16)26)25(15-11-12-15)18(27)14-24-21(29)30-22(2,3)4/h7-10,15,19,26H,5-6,11-14H2,1-4H3,(H,23,28)(H,24,29). The second-order valence-corrected chi connectivity index (χ2v) is 8.49. The highest BCUT2D eigenvalue weighted by atomic mass is 16.6. The van der Waals surface area contributed by atoms with E-state index in [-0.39, 0.29) is 24.2 Å². The number of para-hydroxylation sites is 1. The molecule has 0 aromatic heterocycles. The third-order valence-electron chi connectivity index (χ3n) is 4.60. The molecule has 3 amide bonds. The van der Waals surface area contributed by atoms with Crippen LogP contribution in [0.3, 0.4) is 0 Å². The summed E-state index contributed by atoms with van der Waals surface area (Å²) in [6, 6.07) is 5.44. The van der Waals surface area contributed by atoms with E-state index in [2.05, 4.69) is 10.6 Å². The van der Waals surface area contributed by atoms with Crippen LogP contribution in [-0.2, 0) is 14.3 Å². The molecular weight excluding hydrogens is 386 g/mol. The minimum absolute atomic E-state index is 0.0494. The molecule has 0 aliphatic heterocycles. The second kappa shape index (κ2) is 10.3. The molecule has 8 nitrogen and oxygen atoms in total. The summed E-state index contributed by atoms with van der Waals surface area (Å²) in [5.74, 6) is -0.795. The predicted molar refractivity (Wildman–Crippen MR) is 113 cm³/mol. The quantitative estimate of drug-likeness (QED) is 0.534. The number of carbonyl (C=O) groups is 3. The van der Waals surface area contributed by atoms with Crippen molar-refractivity contribution in [3.63, 3.8) is 0 Å². The van der Waals surface area contributed by atoms with Gasteiger partial charge >= 0.3 is 6.09 Å². The molecule has 8 heteroatoms. The maximum absolute atomic E-state index is 13.0. The Morgan fingerprint density at radius 2 is 1.87 bits per heavy atom. The zero-order valence-corrected chi connectivity index (χ0v) is 18.2. The zero-order chi connectivity index (χ0) is 22.3. The van der Waals surface area contributed by atoms with Crippen molar-refractivity contribution >= 4 is 17.9 Å². The first-order chi connectivity index (χ1) is 14.1. The number of phenols is 1. The maximum Gasteiger partial charge on any atom is 0.408 e. The van der Waals surface area contributed by atoms with Crippen molar-refractivity contribution < 1.29 is 24.2 Å². The second-order valence-electron chi connectivity index (χ2n) is 8.49. The van der Waals surface area contributed by atoms with Gasteiger partial charge in [-0.25, -0.2) is 4.79 Å². The Kier molecular flexibility index (Phi) is 8.08. The van der Waals surface area contributed by atoms with Crippen LogP contribution in [0.2, 0.25) is 0 Å². The number of rotatable bonds is 9. The molecule has 3 N–H and O–H groups in total. The lowest BCUT2D eigenvalue weighted by Crippen LogP contribution is -2.49. The van der Waals surface area contributed by atoms with Crippen LogP contribution in [0, 0.1) is 0 Å². The number of hydrogen-bond acceptors (Lipinski definition) is 5. The molecule has 2 rings (SSSR count). The van der Waals surface area contributed by atoms with Crippen LogP contribution in [0.1, 0.15) is 65.0 Å². The lowest BCUT2D eigenvalue weighted by Gasteiger charge is -2.32. The van der Waals surface area contributed by atoms with Gasteiger partial charge in [0.25, 0.3) is 0 Å². The largest absolute Gasteiger partial charge is 0.508 e. The zero-order valence-electron chi connectivity index (χ0n) is 18.2.